The van der Waals surface area contributed by atoms with Gasteiger partial charge in [-0.1, -0.05) is 11.6 Å². The van der Waals surface area contributed by atoms with E-state index in [-0.39, 0.29) is 9.92 Å². The first-order chi connectivity index (χ1) is 5.43. The monoisotopic (exact) mass is 207 g/mol. The Morgan fingerprint density at radius 2 is 2.08 bits per heavy atom. The van der Waals surface area contributed by atoms with Gasteiger partial charge in [0.2, 0.25) is 0 Å². The molecule has 0 unspecified atom stereocenters. The van der Waals surface area contributed by atoms with Crippen LogP contribution in [-0.2, 0) is 10.1 Å². The number of rotatable bonds is 1. The lowest BCUT2D eigenvalue weighted by Gasteiger charge is -2.01. The van der Waals surface area contributed by atoms with Gasteiger partial charge in [-0.2, -0.15) is 8.42 Å². The Kier molecular flexibility index (Phi) is 2.36. The van der Waals surface area contributed by atoms with Gasteiger partial charge in [-0.05, 0) is 12.5 Å². The maximum Gasteiger partial charge on any atom is 0.296 e. The lowest BCUT2D eigenvalue weighted by atomic mass is 10.3. The SMILES string of the molecule is Cc1c(Cl)cncc1S(=O)(=O)O. The molecule has 1 aromatic heterocycles. The summed E-state index contributed by atoms with van der Waals surface area (Å²) in [5.74, 6) is 0. The Morgan fingerprint density at radius 1 is 1.50 bits per heavy atom. The predicted octanol–water partition coefficient (Wildman–Crippen LogP) is 1.29. The van der Waals surface area contributed by atoms with Crippen LogP contribution in [0.15, 0.2) is 17.3 Å². The van der Waals surface area contributed by atoms with Gasteiger partial charge in [0.1, 0.15) is 4.90 Å². The highest BCUT2D eigenvalue weighted by atomic mass is 35.5. The van der Waals surface area contributed by atoms with Crippen LogP contribution in [-0.4, -0.2) is 18.0 Å². The molecule has 66 valence electrons. The minimum Gasteiger partial charge on any atom is -0.282 e. The van der Waals surface area contributed by atoms with Crippen molar-refractivity contribution >= 4 is 21.7 Å². The first kappa shape index (κ1) is 9.44. The largest absolute Gasteiger partial charge is 0.296 e. The van der Waals surface area contributed by atoms with Crippen LogP contribution < -0.4 is 0 Å². The zero-order valence-corrected chi connectivity index (χ0v) is 7.72. The number of halogens is 1. The highest BCUT2D eigenvalue weighted by molar-refractivity contribution is 7.85. The minimum absolute atomic E-state index is 0.213. The van der Waals surface area contributed by atoms with Crippen molar-refractivity contribution in [3.63, 3.8) is 0 Å². The molecule has 0 atom stereocenters. The van der Waals surface area contributed by atoms with Gasteiger partial charge in [0.25, 0.3) is 10.1 Å². The molecule has 0 spiro atoms. The van der Waals surface area contributed by atoms with Crippen molar-refractivity contribution in [3.8, 4) is 0 Å². The molecule has 4 nitrogen and oxygen atoms in total. The Hall–Kier alpha value is -0.650. The lowest BCUT2D eigenvalue weighted by molar-refractivity contribution is 0.482. The molecule has 0 aliphatic heterocycles. The number of hydrogen-bond acceptors (Lipinski definition) is 3. The average Bonchev–Trinajstić information content (AvgIpc) is 1.92. The first-order valence-electron chi connectivity index (χ1n) is 3.00. The molecule has 0 aliphatic rings. The normalized spacial score (nSPS) is 11.6. The fraction of sp³-hybridized carbons (Fsp3) is 0.167. The van der Waals surface area contributed by atoms with Gasteiger partial charge in [0.05, 0.1) is 5.02 Å². The van der Waals surface area contributed by atoms with E-state index in [2.05, 4.69) is 4.98 Å². The van der Waals surface area contributed by atoms with Crippen LogP contribution in [0.1, 0.15) is 5.56 Å². The van der Waals surface area contributed by atoms with E-state index in [4.69, 9.17) is 16.2 Å². The quantitative estimate of drug-likeness (QED) is 0.705. The molecular weight excluding hydrogens is 202 g/mol. The van der Waals surface area contributed by atoms with Crippen molar-refractivity contribution in [1.82, 2.24) is 4.98 Å². The Balaban J connectivity index is 3.47. The Bertz CT molecular complexity index is 401. The van der Waals surface area contributed by atoms with E-state index in [1.807, 2.05) is 0 Å². The summed E-state index contributed by atoms with van der Waals surface area (Å²) in [7, 11) is -4.20. The summed E-state index contributed by atoms with van der Waals surface area (Å²) in [6.07, 6.45) is 2.36. The van der Waals surface area contributed by atoms with Gasteiger partial charge >= 0.3 is 0 Å². The van der Waals surface area contributed by atoms with Gasteiger partial charge in [-0.15, -0.1) is 0 Å². The molecular formula is C6H6ClNO3S. The average molecular weight is 208 g/mol. The van der Waals surface area contributed by atoms with Gasteiger partial charge < -0.3 is 0 Å². The van der Waals surface area contributed by atoms with Crippen molar-refractivity contribution in [3.05, 3.63) is 23.0 Å². The van der Waals surface area contributed by atoms with Crippen molar-refractivity contribution < 1.29 is 13.0 Å². The van der Waals surface area contributed by atoms with Crippen LogP contribution in [0, 0.1) is 6.92 Å². The molecule has 0 aliphatic carbocycles. The van der Waals surface area contributed by atoms with Crippen LogP contribution in [0.3, 0.4) is 0 Å². The zero-order chi connectivity index (χ0) is 9.35. The van der Waals surface area contributed by atoms with Crippen molar-refractivity contribution in [1.29, 1.82) is 0 Å². The fourth-order valence-electron chi connectivity index (χ4n) is 0.742. The minimum atomic E-state index is -4.20. The summed E-state index contributed by atoms with van der Waals surface area (Å²) < 4.78 is 30.0. The van der Waals surface area contributed by atoms with E-state index in [1.165, 1.54) is 13.1 Å². The van der Waals surface area contributed by atoms with E-state index >= 15 is 0 Å². The third-order valence-corrected chi connectivity index (χ3v) is 2.73. The lowest BCUT2D eigenvalue weighted by Crippen LogP contribution is -2.01. The Morgan fingerprint density at radius 3 is 2.50 bits per heavy atom. The van der Waals surface area contributed by atoms with Crippen LogP contribution in [0.2, 0.25) is 5.02 Å². The second-order valence-electron chi connectivity index (χ2n) is 2.22. The molecule has 0 fully saturated rings. The molecule has 1 N–H and O–H groups in total. The molecule has 6 heteroatoms. The third kappa shape index (κ3) is 1.74. The topological polar surface area (TPSA) is 67.3 Å². The fourth-order valence-corrected chi connectivity index (χ4v) is 1.65. The standard InChI is InChI=1S/C6H6ClNO3S/c1-4-5(7)2-8-3-6(4)12(9,10)11/h2-3H,1H3,(H,9,10,11). The summed E-state index contributed by atoms with van der Waals surface area (Å²) in [6.45, 7) is 1.49. The van der Waals surface area contributed by atoms with Gasteiger partial charge in [-0.3, -0.25) is 9.54 Å². The number of aromatic nitrogens is 1. The van der Waals surface area contributed by atoms with Crippen LogP contribution in [0.4, 0.5) is 0 Å². The van der Waals surface area contributed by atoms with Crippen LogP contribution in [0.5, 0.6) is 0 Å². The van der Waals surface area contributed by atoms with Gasteiger partial charge in [0, 0.05) is 12.4 Å². The summed E-state index contributed by atoms with van der Waals surface area (Å²) >= 11 is 5.58. The van der Waals surface area contributed by atoms with Crippen molar-refractivity contribution in [2.75, 3.05) is 0 Å². The van der Waals surface area contributed by atoms with Gasteiger partial charge in [-0.25, -0.2) is 0 Å². The van der Waals surface area contributed by atoms with Crippen LogP contribution in [0.25, 0.3) is 0 Å². The maximum atomic E-state index is 10.7. The highest BCUT2D eigenvalue weighted by Crippen LogP contribution is 2.20. The summed E-state index contributed by atoms with van der Waals surface area (Å²) in [5, 5.41) is 0.213. The molecule has 1 aromatic rings. The third-order valence-electron chi connectivity index (χ3n) is 1.39. The molecule has 0 radical (unpaired) electrons. The molecule has 1 heterocycles. The molecule has 0 bridgehead atoms. The van der Waals surface area contributed by atoms with Crippen molar-refractivity contribution in [2.45, 2.75) is 11.8 Å². The molecule has 1 rings (SSSR count). The van der Waals surface area contributed by atoms with Crippen LogP contribution >= 0.6 is 11.6 Å². The summed E-state index contributed by atoms with van der Waals surface area (Å²) in [5.41, 5.74) is 0.300. The van der Waals surface area contributed by atoms with E-state index < -0.39 is 10.1 Å². The number of pyridine rings is 1. The molecule has 0 saturated heterocycles. The number of hydrogen-bond donors (Lipinski definition) is 1. The molecule has 0 aromatic carbocycles. The first-order valence-corrected chi connectivity index (χ1v) is 4.82. The van der Waals surface area contributed by atoms with E-state index in [0.29, 0.717) is 5.56 Å². The Labute approximate surface area is 74.9 Å². The summed E-state index contributed by atoms with van der Waals surface area (Å²) in [6, 6.07) is 0. The molecule has 0 amide bonds. The van der Waals surface area contributed by atoms with E-state index in [0.717, 1.165) is 6.20 Å². The predicted molar refractivity (Wildman–Crippen MR) is 43.8 cm³/mol. The highest BCUT2D eigenvalue weighted by Gasteiger charge is 2.14. The van der Waals surface area contributed by atoms with Crippen molar-refractivity contribution in [2.24, 2.45) is 0 Å². The molecule has 12 heavy (non-hydrogen) atoms. The number of nitrogens with zero attached hydrogens (tertiary/aromatic N) is 1. The van der Waals surface area contributed by atoms with E-state index in [1.54, 1.807) is 0 Å². The smallest absolute Gasteiger partial charge is 0.282 e. The second kappa shape index (κ2) is 3.01. The maximum absolute atomic E-state index is 10.7. The molecule has 0 saturated carbocycles. The second-order valence-corrected chi connectivity index (χ2v) is 4.02. The van der Waals surface area contributed by atoms with E-state index in [9.17, 15) is 8.42 Å². The summed E-state index contributed by atoms with van der Waals surface area (Å²) in [4.78, 5) is 3.29. The van der Waals surface area contributed by atoms with Gasteiger partial charge in [0.15, 0.2) is 0 Å². The zero-order valence-electron chi connectivity index (χ0n) is 6.15.